The van der Waals surface area contributed by atoms with Crippen LogP contribution < -0.4 is 10.2 Å². The average Bonchev–Trinajstić information content (AvgIpc) is 3.05. The third-order valence-electron chi connectivity index (χ3n) is 5.36. The first kappa shape index (κ1) is 16.7. The van der Waals surface area contributed by atoms with Gasteiger partial charge < -0.3 is 10.2 Å². The van der Waals surface area contributed by atoms with Crippen LogP contribution in [-0.4, -0.2) is 34.1 Å². The van der Waals surface area contributed by atoms with E-state index in [0.29, 0.717) is 6.04 Å². The second-order valence-electron chi connectivity index (χ2n) is 7.53. The minimum atomic E-state index is 0.357. The van der Waals surface area contributed by atoms with Crippen molar-refractivity contribution < 1.29 is 0 Å². The van der Waals surface area contributed by atoms with Gasteiger partial charge in [0.05, 0.1) is 11.9 Å². The minimum Gasteiger partial charge on any atom is -0.383 e. The standard InChI is InChI=1S/C21H23N5S/c1-13-11-26(12-14(2)23-13)20-18-16-5-3-4-6-17(16)27-21(18)25-19(24-20)15-7-9-22-10-8-15/h7-10,14,23H,1,3-6,11-12H2,2H3/t14-/m0/s1. The first-order valence-electron chi connectivity index (χ1n) is 9.61. The van der Waals surface area contributed by atoms with Crippen LogP contribution in [0.2, 0.25) is 0 Å². The zero-order valence-electron chi connectivity index (χ0n) is 15.5. The molecule has 5 rings (SSSR count). The molecule has 27 heavy (non-hydrogen) atoms. The van der Waals surface area contributed by atoms with Gasteiger partial charge in [0.2, 0.25) is 0 Å². The number of nitrogens with zero attached hydrogens (tertiary/aromatic N) is 4. The Morgan fingerprint density at radius 1 is 1.19 bits per heavy atom. The van der Waals surface area contributed by atoms with E-state index in [0.717, 1.165) is 47.2 Å². The second kappa shape index (κ2) is 6.60. The van der Waals surface area contributed by atoms with E-state index in [1.54, 1.807) is 12.4 Å². The maximum absolute atomic E-state index is 5.07. The molecule has 0 radical (unpaired) electrons. The highest BCUT2D eigenvalue weighted by Gasteiger charge is 2.27. The minimum absolute atomic E-state index is 0.357. The number of aromatic nitrogens is 3. The summed E-state index contributed by atoms with van der Waals surface area (Å²) in [6.45, 7) is 8.08. The molecule has 0 bridgehead atoms. The Morgan fingerprint density at radius 3 is 2.81 bits per heavy atom. The zero-order chi connectivity index (χ0) is 18.4. The molecular weight excluding hydrogens is 354 g/mol. The molecule has 0 unspecified atom stereocenters. The van der Waals surface area contributed by atoms with Crippen molar-refractivity contribution in [2.45, 2.75) is 38.6 Å². The third-order valence-corrected chi connectivity index (χ3v) is 6.55. The van der Waals surface area contributed by atoms with Crippen LogP contribution >= 0.6 is 11.3 Å². The van der Waals surface area contributed by atoms with Gasteiger partial charge in [0, 0.05) is 41.1 Å². The maximum atomic E-state index is 5.07. The van der Waals surface area contributed by atoms with E-state index in [9.17, 15) is 0 Å². The fraction of sp³-hybridized carbons (Fsp3) is 0.381. The van der Waals surface area contributed by atoms with Gasteiger partial charge in [0.1, 0.15) is 10.6 Å². The highest BCUT2D eigenvalue weighted by Crippen LogP contribution is 2.41. The van der Waals surface area contributed by atoms with Gasteiger partial charge in [-0.25, -0.2) is 9.97 Å². The van der Waals surface area contributed by atoms with Gasteiger partial charge in [-0.05, 0) is 50.3 Å². The van der Waals surface area contributed by atoms with E-state index >= 15 is 0 Å². The number of hydrogen-bond acceptors (Lipinski definition) is 6. The SMILES string of the molecule is C=C1CN(c2nc(-c3ccncc3)nc3sc4c(c23)CCCC4)C[C@H](C)N1. The summed E-state index contributed by atoms with van der Waals surface area (Å²) in [6, 6.07) is 4.32. The molecule has 1 aliphatic heterocycles. The van der Waals surface area contributed by atoms with Crippen LogP contribution in [-0.2, 0) is 12.8 Å². The second-order valence-corrected chi connectivity index (χ2v) is 8.61. The smallest absolute Gasteiger partial charge is 0.163 e. The van der Waals surface area contributed by atoms with Crippen molar-refractivity contribution >= 4 is 27.4 Å². The van der Waals surface area contributed by atoms with Gasteiger partial charge in [-0.15, -0.1) is 11.3 Å². The third kappa shape index (κ3) is 2.98. The summed E-state index contributed by atoms with van der Waals surface area (Å²) < 4.78 is 0. The van der Waals surface area contributed by atoms with Crippen molar-refractivity contribution in [3.05, 3.63) is 47.2 Å². The predicted octanol–water partition coefficient (Wildman–Crippen LogP) is 3.94. The molecule has 4 heterocycles. The summed E-state index contributed by atoms with van der Waals surface area (Å²) in [5, 5.41) is 4.72. The topological polar surface area (TPSA) is 53.9 Å². The largest absolute Gasteiger partial charge is 0.383 e. The van der Waals surface area contributed by atoms with Gasteiger partial charge in [-0.1, -0.05) is 6.58 Å². The summed E-state index contributed by atoms with van der Waals surface area (Å²) in [6.07, 6.45) is 8.46. The Balaban J connectivity index is 1.73. The number of fused-ring (bicyclic) bond motifs is 3. The molecule has 5 nitrogen and oxygen atoms in total. The molecule has 1 N–H and O–H groups in total. The molecule has 6 heteroatoms. The molecule has 1 atom stereocenters. The Kier molecular flexibility index (Phi) is 4.08. The summed E-state index contributed by atoms with van der Waals surface area (Å²) in [7, 11) is 0. The van der Waals surface area contributed by atoms with E-state index in [1.807, 2.05) is 23.5 Å². The Morgan fingerprint density at radius 2 is 2.00 bits per heavy atom. The molecule has 3 aromatic rings. The van der Waals surface area contributed by atoms with Crippen LogP contribution in [0, 0.1) is 0 Å². The fourth-order valence-electron chi connectivity index (χ4n) is 4.22. The van der Waals surface area contributed by atoms with Crippen LogP contribution in [0.4, 0.5) is 5.82 Å². The van der Waals surface area contributed by atoms with Crippen molar-refractivity contribution in [3.8, 4) is 11.4 Å². The molecule has 3 aromatic heterocycles. The lowest BCUT2D eigenvalue weighted by Gasteiger charge is -2.35. The number of rotatable bonds is 2. The highest BCUT2D eigenvalue weighted by atomic mass is 32.1. The number of anilines is 1. The molecule has 0 spiro atoms. The number of pyridine rings is 1. The molecule has 0 amide bonds. The van der Waals surface area contributed by atoms with Crippen molar-refractivity contribution in [2.24, 2.45) is 0 Å². The monoisotopic (exact) mass is 377 g/mol. The van der Waals surface area contributed by atoms with Crippen molar-refractivity contribution in [2.75, 3.05) is 18.0 Å². The summed E-state index contributed by atoms with van der Waals surface area (Å²) >= 11 is 1.86. The van der Waals surface area contributed by atoms with Crippen LogP contribution in [0.25, 0.3) is 21.6 Å². The number of hydrogen-bond donors (Lipinski definition) is 1. The van der Waals surface area contributed by atoms with Gasteiger partial charge in [-0.3, -0.25) is 4.98 Å². The van der Waals surface area contributed by atoms with E-state index in [-0.39, 0.29) is 0 Å². The van der Waals surface area contributed by atoms with E-state index < -0.39 is 0 Å². The Labute approximate surface area is 163 Å². The number of thiophene rings is 1. The van der Waals surface area contributed by atoms with Crippen molar-refractivity contribution in [1.29, 1.82) is 0 Å². The number of aryl methyl sites for hydroxylation is 2. The molecule has 0 saturated carbocycles. The van der Waals surface area contributed by atoms with Gasteiger partial charge in [0.25, 0.3) is 0 Å². The lowest BCUT2D eigenvalue weighted by molar-refractivity contribution is 0.539. The van der Waals surface area contributed by atoms with Gasteiger partial charge in [0.15, 0.2) is 5.82 Å². The Bertz CT molecular complexity index is 1010. The lowest BCUT2D eigenvalue weighted by atomic mass is 9.96. The van der Waals surface area contributed by atoms with Crippen LogP contribution in [0.15, 0.2) is 36.8 Å². The summed E-state index contributed by atoms with van der Waals surface area (Å²) in [4.78, 5) is 19.2. The molecular formula is C21H23N5S. The van der Waals surface area contributed by atoms with E-state index in [1.165, 1.54) is 35.1 Å². The van der Waals surface area contributed by atoms with Crippen LogP contribution in [0.1, 0.15) is 30.2 Å². The maximum Gasteiger partial charge on any atom is 0.163 e. The first-order valence-corrected chi connectivity index (χ1v) is 10.4. The number of piperazine rings is 1. The number of nitrogens with one attached hydrogen (secondary N) is 1. The fourth-order valence-corrected chi connectivity index (χ4v) is 5.48. The average molecular weight is 378 g/mol. The summed E-state index contributed by atoms with van der Waals surface area (Å²) in [5.74, 6) is 1.86. The summed E-state index contributed by atoms with van der Waals surface area (Å²) in [5.41, 5.74) is 3.55. The van der Waals surface area contributed by atoms with Gasteiger partial charge >= 0.3 is 0 Å². The van der Waals surface area contributed by atoms with Crippen LogP contribution in [0.5, 0.6) is 0 Å². The zero-order valence-corrected chi connectivity index (χ0v) is 16.4. The van der Waals surface area contributed by atoms with Crippen molar-refractivity contribution in [1.82, 2.24) is 20.3 Å². The van der Waals surface area contributed by atoms with E-state index in [4.69, 9.17) is 9.97 Å². The first-order chi connectivity index (χ1) is 13.2. The normalized spacial score (nSPS) is 19.8. The predicted molar refractivity (Wildman–Crippen MR) is 111 cm³/mol. The van der Waals surface area contributed by atoms with E-state index in [2.05, 4.69) is 28.7 Å². The van der Waals surface area contributed by atoms with Crippen LogP contribution in [0.3, 0.4) is 0 Å². The Hall–Kier alpha value is -2.47. The molecule has 1 saturated heterocycles. The molecule has 138 valence electrons. The van der Waals surface area contributed by atoms with Gasteiger partial charge in [-0.2, -0.15) is 0 Å². The highest BCUT2D eigenvalue weighted by molar-refractivity contribution is 7.19. The lowest BCUT2D eigenvalue weighted by Crippen LogP contribution is -2.48. The molecule has 1 aliphatic carbocycles. The van der Waals surface area contributed by atoms with Crippen molar-refractivity contribution in [3.63, 3.8) is 0 Å². The molecule has 2 aliphatic rings. The molecule has 1 fully saturated rings. The quantitative estimate of drug-likeness (QED) is 0.733. The molecule has 0 aromatic carbocycles.